The van der Waals surface area contributed by atoms with Gasteiger partial charge in [0.15, 0.2) is 0 Å². The second kappa shape index (κ2) is 10.5. The maximum Gasteiger partial charge on any atom is 0.251 e. The van der Waals surface area contributed by atoms with E-state index in [0.29, 0.717) is 36.0 Å². The molecule has 0 bridgehead atoms. The maximum absolute atomic E-state index is 12.2. The number of hydrogen-bond donors (Lipinski definition) is 2. The van der Waals surface area contributed by atoms with Crippen LogP contribution in [0.25, 0.3) is 0 Å². The number of halogens is 2. The minimum Gasteiger partial charge on any atom is -0.352 e. The van der Waals surface area contributed by atoms with Gasteiger partial charge in [0.25, 0.3) is 5.91 Å². The van der Waals surface area contributed by atoms with Crippen LogP contribution in [0, 0.1) is 0 Å². The summed E-state index contributed by atoms with van der Waals surface area (Å²) in [6.07, 6.45) is 3.12. The molecule has 0 saturated carbocycles. The van der Waals surface area contributed by atoms with Crippen molar-refractivity contribution in [2.75, 3.05) is 26.7 Å². The Morgan fingerprint density at radius 3 is 2.50 bits per heavy atom. The minimum atomic E-state index is -0.138. The van der Waals surface area contributed by atoms with Crippen molar-refractivity contribution >= 4 is 35.8 Å². The molecule has 1 heterocycles. The van der Waals surface area contributed by atoms with Crippen molar-refractivity contribution in [2.45, 2.75) is 31.7 Å². The van der Waals surface area contributed by atoms with E-state index in [0.717, 1.165) is 25.9 Å². The van der Waals surface area contributed by atoms with Gasteiger partial charge >= 0.3 is 0 Å². The van der Waals surface area contributed by atoms with E-state index >= 15 is 0 Å². The fourth-order valence-corrected chi connectivity index (χ4v) is 2.84. The van der Waals surface area contributed by atoms with Crippen molar-refractivity contribution in [2.24, 2.45) is 0 Å². The average molecular weight is 374 g/mol. The Kier molecular flexibility index (Phi) is 9.11. The molecular weight excluding hydrogens is 349 g/mol. The molecule has 1 aliphatic rings. The molecule has 1 aromatic rings. The van der Waals surface area contributed by atoms with E-state index in [1.54, 1.807) is 24.3 Å². The van der Waals surface area contributed by atoms with Crippen molar-refractivity contribution in [1.29, 1.82) is 0 Å². The first-order chi connectivity index (χ1) is 11.1. The fraction of sp³-hybridized carbons (Fsp3) is 0.529. The van der Waals surface area contributed by atoms with Crippen LogP contribution in [-0.4, -0.2) is 49.4 Å². The van der Waals surface area contributed by atoms with Crippen molar-refractivity contribution in [3.8, 4) is 0 Å². The summed E-state index contributed by atoms with van der Waals surface area (Å²) in [6.45, 7) is 2.44. The lowest BCUT2D eigenvalue weighted by Gasteiger charge is -2.31. The lowest BCUT2D eigenvalue weighted by Crippen LogP contribution is -2.44. The molecule has 5 nitrogen and oxygen atoms in total. The van der Waals surface area contributed by atoms with Gasteiger partial charge in [0, 0.05) is 36.6 Å². The summed E-state index contributed by atoms with van der Waals surface area (Å²) in [6, 6.07) is 7.09. The van der Waals surface area contributed by atoms with Gasteiger partial charge in [-0.15, -0.1) is 12.4 Å². The molecule has 1 fully saturated rings. The van der Waals surface area contributed by atoms with Crippen LogP contribution in [0.15, 0.2) is 24.3 Å². The Bertz CT molecular complexity index is 531. The lowest BCUT2D eigenvalue weighted by molar-refractivity contribution is -0.132. The molecule has 2 amide bonds. The molecule has 0 aliphatic carbocycles. The van der Waals surface area contributed by atoms with Crippen molar-refractivity contribution < 1.29 is 9.59 Å². The Morgan fingerprint density at radius 1 is 1.25 bits per heavy atom. The third kappa shape index (κ3) is 6.30. The van der Waals surface area contributed by atoms with E-state index in [-0.39, 0.29) is 24.2 Å². The molecule has 0 atom stereocenters. The van der Waals surface area contributed by atoms with E-state index in [9.17, 15) is 9.59 Å². The number of nitrogens with one attached hydrogen (secondary N) is 2. The van der Waals surface area contributed by atoms with Crippen molar-refractivity contribution in [1.82, 2.24) is 15.5 Å². The predicted molar refractivity (Wildman–Crippen MR) is 98.9 cm³/mol. The standard InChI is InChI=1S/C17H24ClN3O2.ClH/c1-21(15-8-11-19-12-9-15)16(22)3-2-10-20-17(23)13-4-6-14(18)7-5-13;/h4-7,15,19H,2-3,8-12H2,1H3,(H,20,23);1H. The second-order valence-electron chi connectivity index (χ2n) is 5.85. The van der Waals surface area contributed by atoms with Crippen LogP contribution >= 0.6 is 24.0 Å². The number of amides is 2. The molecule has 1 saturated heterocycles. The SMILES string of the molecule is CN(C(=O)CCCNC(=O)c1ccc(Cl)cc1)C1CCNCC1.Cl. The summed E-state index contributed by atoms with van der Waals surface area (Å²) in [5.74, 6) is 0.0125. The van der Waals surface area contributed by atoms with Gasteiger partial charge in [0.2, 0.25) is 5.91 Å². The number of carbonyl (C=O) groups excluding carboxylic acids is 2. The van der Waals surface area contributed by atoms with Crippen LogP contribution in [0.5, 0.6) is 0 Å². The number of rotatable bonds is 6. The zero-order valence-corrected chi connectivity index (χ0v) is 15.5. The fourth-order valence-electron chi connectivity index (χ4n) is 2.72. The summed E-state index contributed by atoms with van der Waals surface area (Å²) in [5, 5.41) is 6.73. The molecular formula is C17H25Cl2N3O2. The van der Waals surface area contributed by atoms with E-state index in [2.05, 4.69) is 10.6 Å². The smallest absolute Gasteiger partial charge is 0.251 e. The van der Waals surface area contributed by atoms with Gasteiger partial charge in [0.1, 0.15) is 0 Å². The van der Waals surface area contributed by atoms with Crippen molar-refractivity contribution in [3.63, 3.8) is 0 Å². The second-order valence-corrected chi connectivity index (χ2v) is 6.29. The summed E-state index contributed by atoms with van der Waals surface area (Å²) in [5.41, 5.74) is 0.576. The summed E-state index contributed by atoms with van der Waals surface area (Å²) >= 11 is 5.79. The van der Waals surface area contributed by atoms with Gasteiger partial charge in [-0.05, 0) is 56.6 Å². The van der Waals surface area contributed by atoms with Crippen LogP contribution in [0.3, 0.4) is 0 Å². The molecule has 0 radical (unpaired) electrons. The van der Waals surface area contributed by atoms with Gasteiger partial charge in [-0.3, -0.25) is 9.59 Å². The third-order valence-electron chi connectivity index (χ3n) is 4.21. The quantitative estimate of drug-likeness (QED) is 0.752. The Hall–Kier alpha value is -1.30. The average Bonchev–Trinajstić information content (AvgIpc) is 2.59. The van der Waals surface area contributed by atoms with Gasteiger partial charge in [0.05, 0.1) is 0 Å². The van der Waals surface area contributed by atoms with Gasteiger partial charge in [-0.2, -0.15) is 0 Å². The number of nitrogens with zero attached hydrogens (tertiary/aromatic N) is 1. The number of hydrogen-bond acceptors (Lipinski definition) is 3. The first kappa shape index (κ1) is 20.7. The molecule has 0 spiro atoms. The molecule has 0 unspecified atom stereocenters. The van der Waals surface area contributed by atoms with Gasteiger partial charge in [-0.25, -0.2) is 0 Å². The maximum atomic E-state index is 12.2. The lowest BCUT2D eigenvalue weighted by atomic mass is 10.0. The summed E-state index contributed by atoms with van der Waals surface area (Å²) in [7, 11) is 1.88. The monoisotopic (exact) mass is 373 g/mol. The third-order valence-corrected chi connectivity index (χ3v) is 4.46. The van der Waals surface area contributed by atoms with E-state index < -0.39 is 0 Å². The zero-order chi connectivity index (χ0) is 16.7. The highest BCUT2D eigenvalue weighted by Gasteiger charge is 2.21. The highest BCUT2D eigenvalue weighted by molar-refractivity contribution is 6.30. The highest BCUT2D eigenvalue weighted by Crippen LogP contribution is 2.12. The largest absolute Gasteiger partial charge is 0.352 e. The number of piperidine rings is 1. The molecule has 2 N–H and O–H groups in total. The predicted octanol–water partition coefficient (Wildman–Crippen LogP) is 2.48. The molecule has 134 valence electrons. The topological polar surface area (TPSA) is 61.4 Å². The van der Waals surface area contributed by atoms with Crippen LogP contribution in [0.1, 0.15) is 36.0 Å². The number of carbonyl (C=O) groups is 2. The summed E-state index contributed by atoms with van der Waals surface area (Å²) < 4.78 is 0. The molecule has 7 heteroatoms. The number of benzene rings is 1. The summed E-state index contributed by atoms with van der Waals surface area (Å²) in [4.78, 5) is 26.0. The van der Waals surface area contributed by atoms with Gasteiger partial charge < -0.3 is 15.5 Å². The van der Waals surface area contributed by atoms with E-state index in [1.807, 2.05) is 11.9 Å². The molecule has 1 aromatic carbocycles. The first-order valence-electron chi connectivity index (χ1n) is 8.08. The molecule has 1 aliphatic heterocycles. The van der Waals surface area contributed by atoms with Crippen LogP contribution < -0.4 is 10.6 Å². The Labute approximate surface area is 154 Å². The normalized spacial score (nSPS) is 14.6. The zero-order valence-electron chi connectivity index (χ0n) is 13.9. The molecule has 2 rings (SSSR count). The molecule has 0 aromatic heterocycles. The van der Waals surface area contributed by atoms with E-state index in [4.69, 9.17) is 11.6 Å². The Balaban J connectivity index is 0.00000288. The Morgan fingerprint density at radius 2 is 1.88 bits per heavy atom. The first-order valence-corrected chi connectivity index (χ1v) is 8.46. The van der Waals surface area contributed by atoms with Crippen LogP contribution in [0.2, 0.25) is 5.02 Å². The van der Waals surface area contributed by atoms with Crippen LogP contribution in [-0.2, 0) is 4.79 Å². The minimum absolute atomic E-state index is 0. The molecule has 24 heavy (non-hydrogen) atoms. The highest BCUT2D eigenvalue weighted by atomic mass is 35.5. The van der Waals surface area contributed by atoms with Gasteiger partial charge in [-0.1, -0.05) is 11.6 Å². The van der Waals surface area contributed by atoms with E-state index in [1.165, 1.54) is 0 Å². The van der Waals surface area contributed by atoms with Crippen LogP contribution in [0.4, 0.5) is 0 Å². The van der Waals surface area contributed by atoms with Crippen molar-refractivity contribution in [3.05, 3.63) is 34.9 Å².